The summed E-state index contributed by atoms with van der Waals surface area (Å²) in [5.41, 5.74) is 7.37. The van der Waals surface area contributed by atoms with E-state index in [4.69, 9.17) is 10.5 Å². The van der Waals surface area contributed by atoms with Gasteiger partial charge in [0.2, 0.25) is 5.88 Å². The number of pyridine rings is 1. The number of aryl methyl sites for hydroxylation is 1. The lowest BCUT2D eigenvalue weighted by Gasteiger charge is -2.16. The fraction of sp³-hybridized carbons (Fsp3) is 0.333. The van der Waals surface area contributed by atoms with Crippen molar-refractivity contribution in [2.45, 2.75) is 25.7 Å². The number of rotatable bonds is 4. The van der Waals surface area contributed by atoms with Crippen LogP contribution in [0, 0.1) is 6.92 Å². The largest absolute Gasteiger partial charge is 0.504 e. The van der Waals surface area contributed by atoms with Crippen LogP contribution in [0.5, 0.6) is 17.4 Å². The van der Waals surface area contributed by atoms with E-state index in [1.54, 1.807) is 13.0 Å². The van der Waals surface area contributed by atoms with E-state index in [9.17, 15) is 19.4 Å². The van der Waals surface area contributed by atoms with Gasteiger partial charge in [-0.05, 0) is 36.8 Å². The number of aromatic nitrogens is 1. The Morgan fingerprint density at radius 1 is 1.38 bits per heavy atom. The zero-order chi connectivity index (χ0) is 18.8. The lowest BCUT2D eigenvalue weighted by Crippen LogP contribution is -2.29. The molecule has 0 aliphatic carbocycles. The summed E-state index contributed by atoms with van der Waals surface area (Å²) in [4.78, 5) is 17.9. The normalized spacial score (nSPS) is 19.6. The van der Waals surface area contributed by atoms with Gasteiger partial charge in [0, 0.05) is 30.4 Å². The molecule has 1 aliphatic rings. The summed E-state index contributed by atoms with van der Waals surface area (Å²) in [6.45, 7) is 1.86. The maximum Gasteiger partial charge on any atom is 0.254 e. The number of hydrogen-bond donors (Lipinski definition) is 3. The molecule has 26 heavy (non-hydrogen) atoms. The highest BCUT2D eigenvalue weighted by Gasteiger charge is 2.34. The number of amides is 1. The first-order valence-corrected chi connectivity index (χ1v) is 8.17. The summed E-state index contributed by atoms with van der Waals surface area (Å²) in [5.74, 6) is -0.322. The van der Waals surface area contributed by atoms with Gasteiger partial charge >= 0.3 is 0 Å². The fourth-order valence-corrected chi connectivity index (χ4v) is 2.81. The van der Waals surface area contributed by atoms with Gasteiger partial charge in [0.15, 0.2) is 11.5 Å². The second kappa shape index (κ2) is 7.27. The molecule has 0 bridgehead atoms. The van der Waals surface area contributed by atoms with Crippen molar-refractivity contribution in [3.8, 4) is 17.4 Å². The Kier molecular flexibility index (Phi) is 5.06. The van der Waals surface area contributed by atoms with Crippen LogP contribution in [-0.4, -0.2) is 51.4 Å². The fourth-order valence-electron chi connectivity index (χ4n) is 2.81. The molecule has 2 unspecified atom stereocenters. The van der Waals surface area contributed by atoms with Crippen LogP contribution < -0.4 is 10.5 Å². The number of carbonyl (C=O) groups excluding carboxylic acids is 1. The number of likely N-dealkylation sites (tertiary alicyclic amines) is 1. The number of carbonyl (C=O) groups is 1. The van der Waals surface area contributed by atoms with Gasteiger partial charge < -0.3 is 25.6 Å². The van der Waals surface area contributed by atoms with Gasteiger partial charge in [-0.1, -0.05) is 0 Å². The number of nitrogens with zero attached hydrogens (tertiary/aromatic N) is 2. The number of benzene rings is 1. The smallest absolute Gasteiger partial charge is 0.254 e. The number of aliphatic hydroxyl groups excluding tert-OH is 1. The van der Waals surface area contributed by atoms with Crippen LogP contribution in [0.4, 0.5) is 4.39 Å². The maximum atomic E-state index is 13.5. The van der Waals surface area contributed by atoms with Crippen LogP contribution in [-0.2, 0) is 6.54 Å². The van der Waals surface area contributed by atoms with E-state index in [-0.39, 0.29) is 36.0 Å². The van der Waals surface area contributed by atoms with Crippen LogP contribution in [0.3, 0.4) is 0 Å². The molecule has 138 valence electrons. The van der Waals surface area contributed by atoms with Crippen LogP contribution in [0.2, 0.25) is 0 Å². The predicted octanol–water partition coefficient (Wildman–Crippen LogP) is 1.50. The van der Waals surface area contributed by atoms with Gasteiger partial charge in [0.25, 0.3) is 5.91 Å². The van der Waals surface area contributed by atoms with Crippen molar-refractivity contribution in [1.29, 1.82) is 0 Å². The van der Waals surface area contributed by atoms with Crippen molar-refractivity contribution in [3.05, 3.63) is 47.2 Å². The molecule has 2 heterocycles. The molecule has 8 heteroatoms. The highest BCUT2D eigenvalue weighted by molar-refractivity contribution is 5.95. The number of phenols is 1. The SMILES string of the molecule is Cc1cc(CN)cc(Oc2cc(C(=O)N3CC(O)C(F)C3)ccc2O)n1. The number of alkyl halides is 1. The van der Waals surface area contributed by atoms with Crippen LogP contribution in [0.1, 0.15) is 21.6 Å². The minimum Gasteiger partial charge on any atom is -0.504 e. The predicted molar refractivity (Wildman–Crippen MR) is 91.9 cm³/mol. The molecule has 0 saturated carbocycles. The Hall–Kier alpha value is -2.71. The first-order valence-electron chi connectivity index (χ1n) is 8.17. The summed E-state index contributed by atoms with van der Waals surface area (Å²) >= 11 is 0. The Morgan fingerprint density at radius 3 is 2.81 bits per heavy atom. The molecule has 1 aromatic carbocycles. The number of ether oxygens (including phenoxy) is 1. The molecule has 1 amide bonds. The average Bonchev–Trinajstić information content (AvgIpc) is 2.94. The standard InChI is InChI=1S/C18H20FN3O4/c1-10-4-11(7-20)5-17(21-10)26-16-6-12(2-3-14(16)23)18(25)22-8-13(19)15(24)9-22/h2-6,13,15,23-24H,7-9,20H2,1H3. The van der Waals surface area contributed by atoms with Gasteiger partial charge in [-0.3, -0.25) is 4.79 Å². The van der Waals surface area contributed by atoms with Crippen molar-refractivity contribution in [3.63, 3.8) is 0 Å². The van der Waals surface area contributed by atoms with Crippen LogP contribution in [0.25, 0.3) is 0 Å². The average molecular weight is 361 g/mol. The highest BCUT2D eigenvalue weighted by Crippen LogP contribution is 2.32. The molecule has 0 spiro atoms. The second-order valence-corrected chi connectivity index (χ2v) is 6.24. The van der Waals surface area contributed by atoms with Gasteiger partial charge in [0.1, 0.15) is 12.3 Å². The third kappa shape index (κ3) is 3.76. The van der Waals surface area contributed by atoms with E-state index in [2.05, 4.69) is 4.98 Å². The summed E-state index contributed by atoms with van der Waals surface area (Å²) in [5, 5.41) is 19.5. The molecule has 7 nitrogen and oxygen atoms in total. The minimum atomic E-state index is -1.46. The van der Waals surface area contributed by atoms with Crippen molar-refractivity contribution < 1.29 is 24.1 Å². The van der Waals surface area contributed by atoms with E-state index < -0.39 is 18.2 Å². The number of halogens is 1. The first-order chi connectivity index (χ1) is 12.4. The van der Waals surface area contributed by atoms with E-state index in [0.717, 1.165) is 5.56 Å². The summed E-state index contributed by atoms with van der Waals surface area (Å²) < 4.78 is 19.1. The molecule has 2 atom stereocenters. The van der Waals surface area contributed by atoms with Crippen molar-refractivity contribution >= 4 is 5.91 Å². The van der Waals surface area contributed by atoms with Crippen LogP contribution >= 0.6 is 0 Å². The van der Waals surface area contributed by atoms with E-state index in [0.29, 0.717) is 12.2 Å². The number of nitrogens with two attached hydrogens (primary N) is 1. The molecule has 3 rings (SSSR count). The third-order valence-electron chi connectivity index (χ3n) is 4.15. The zero-order valence-electron chi connectivity index (χ0n) is 14.2. The van der Waals surface area contributed by atoms with Crippen molar-refractivity contribution in [2.75, 3.05) is 13.1 Å². The molecule has 0 radical (unpaired) electrons. The van der Waals surface area contributed by atoms with Crippen LogP contribution in [0.15, 0.2) is 30.3 Å². The van der Waals surface area contributed by atoms with Gasteiger partial charge in [-0.2, -0.15) is 0 Å². The molecule has 2 aromatic rings. The molecular formula is C18H20FN3O4. The Labute approximate surface area is 149 Å². The second-order valence-electron chi connectivity index (χ2n) is 6.24. The highest BCUT2D eigenvalue weighted by atomic mass is 19.1. The number of hydrogen-bond acceptors (Lipinski definition) is 6. The van der Waals surface area contributed by atoms with E-state index >= 15 is 0 Å². The quantitative estimate of drug-likeness (QED) is 0.761. The Morgan fingerprint density at radius 2 is 2.15 bits per heavy atom. The molecule has 1 saturated heterocycles. The Balaban J connectivity index is 1.84. The minimum absolute atomic E-state index is 0.0495. The number of aliphatic hydroxyl groups is 1. The maximum absolute atomic E-state index is 13.5. The summed E-state index contributed by atoms with van der Waals surface area (Å²) in [6, 6.07) is 7.56. The molecule has 1 aromatic heterocycles. The lowest BCUT2D eigenvalue weighted by atomic mass is 10.1. The molecule has 1 aliphatic heterocycles. The lowest BCUT2D eigenvalue weighted by molar-refractivity contribution is 0.0764. The molecular weight excluding hydrogens is 341 g/mol. The van der Waals surface area contributed by atoms with Gasteiger partial charge in [-0.25, -0.2) is 9.37 Å². The van der Waals surface area contributed by atoms with Crippen molar-refractivity contribution in [2.24, 2.45) is 5.73 Å². The van der Waals surface area contributed by atoms with Crippen molar-refractivity contribution in [1.82, 2.24) is 9.88 Å². The number of aromatic hydroxyl groups is 1. The van der Waals surface area contributed by atoms with E-state index in [1.807, 2.05) is 6.07 Å². The third-order valence-corrected chi connectivity index (χ3v) is 4.15. The summed E-state index contributed by atoms with van der Waals surface area (Å²) in [7, 11) is 0. The summed E-state index contributed by atoms with van der Waals surface area (Å²) in [6.07, 6.45) is -2.64. The van der Waals surface area contributed by atoms with E-state index in [1.165, 1.54) is 23.1 Å². The Bertz CT molecular complexity index is 820. The number of phenolic OH excluding ortho intramolecular Hbond substituents is 1. The molecule has 4 N–H and O–H groups in total. The first kappa shape index (κ1) is 18.1. The monoisotopic (exact) mass is 361 g/mol. The number of β-amino-alcohol motifs (C(OH)–C–C–N with tert-alkyl or cyclic N) is 1. The van der Waals surface area contributed by atoms with Gasteiger partial charge in [-0.15, -0.1) is 0 Å². The molecule has 1 fully saturated rings. The topological polar surface area (TPSA) is 109 Å². The van der Waals surface area contributed by atoms with Gasteiger partial charge in [0.05, 0.1) is 6.54 Å². The zero-order valence-corrected chi connectivity index (χ0v) is 14.2.